The third kappa shape index (κ3) is 5.21. The van der Waals surface area contributed by atoms with Gasteiger partial charge in [-0.05, 0) is 43.7 Å². The molecule has 0 unspecified atom stereocenters. The van der Waals surface area contributed by atoms with Crippen molar-refractivity contribution >= 4 is 5.69 Å². The molecule has 1 saturated heterocycles. The van der Waals surface area contributed by atoms with Gasteiger partial charge in [0.2, 0.25) is 0 Å². The number of piperazine rings is 1. The minimum atomic E-state index is 0.334. The second kappa shape index (κ2) is 8.90. The molecule has 0 bridgehead atoms. The lowest BCUT2D eigenvalue weighted by atomic mass is 10.2. The number of rotatable bonds is 8. The smallest absolute Gasteiger partial charge is 0.119 e. The molecule has 0 amide bonds. The van der Waals surface area contributed by atoms with Gasteiger partial charge in [-0.3, -0.25) is 4.90 Å². The maximum Gasteiger partial charge on any atom is 0.119 e. The highest BCUT2D eigenvalue weighted by Crippen LogP contribution is 2.20. The zero-order valence-electron chi connectivity index (χ0n) is 13.1. The van der Waals surface area contributed by atoms with E-state index in [-0.39, 0.29) is 0 Å². The largest absolute Gasteiger partial charge is 0.497 e. The normalized spacial score (nSPS) is 16.2. The molecule has 1 fully saturated rings. The fourth-order valence-electron chi connectivity index (χ4n) is 2.82. The van der Waals surface area contributed by atoms with Crippen LogP contribution in [0.15, 0.2) is 24.3 Å². The van der Waals surface area contributed by atoms with E-state index in [1.54, 1.807) is 7.11 Å². The number of benzene rings is 1. The van der Waals surface area contributed by atoms with E-state index >= 15 is 0 Å². The van der Waals surface area contributed by atoms with Gasteiger partial charge in [0, 0.05) is 38.5 Å². The van der Waals surface area contributed by atoms with Gasteiger partial charge < -0.3 is 14.7 Å². The van der Waals surface area contributed by atoms with E-state index in [2.05, 4.69) is 21.9 Å². The van der Waals surface area contributed by atoms with Crippen molar-refractivity contribution in [2.24, 2.45) is 0 Å². The van der Waals surface area contributed by atoms with Crippen LogP contribution in [-0.2, 0) is 0 Å². The maximum atomic E-state index is 8.76. The van der Waals surface area contributed by atoms with E-state index in [0.717, 1.165) is 44.8 Å². The summed E-state index contributed by atoms with van der Waals surface area (Å²) in [5, 5.41) is 8.76. The first-order chi connectivity index (χ1) is 10.3. The predicted molar refractivity (Wildman–Crippen MR) is 87.2 cm³/mol. The molecule has 0 atom stereocenters. The van der Waals surface area contributed by atoms with Crippen LogP contribution in [0.3, 0.4) is 0 Å². The van der Waals surface area contributed by atoms with E-state index < -0.39 is 0 Å². The maximum absolute atomic E-state index is 8.76. The molecule has 4 nitrogen and oxygen atoms in total. The molecule has 1 aromatic rings. The zero-order chi connectivity index (χ0) is 14.9. The van der Waals surface area contributed by atoms with Crippen LogP contribution in [-0.4, -0.2) is 56.4 Å². The Morgan fingerprint density at radius 2 is 1.62 bits per heavy atom. The molecule has 1 aliphatic rings. The fourth-order valence-corrected chi connectivity index (χ4v) is 2.82. The van der Waals surface area contributed by atoms with Crippen molar-refractivity contribution in [1.29, 1.82) is 0 Å². The van der Waals surface area contributed by atoms with Crippen molar-refractivity contribution in [1.82, 2.24) is 4.90 Å². The molecule has 1 N–H and O–H groups in total. The fraction of sp³-hybridized carbons (Fsp3) is 0.647. The van der Waals surface area contributed by atoms with E-state index in [1.165, 1.54) is 25.1 Å². The Hall–Kier alpha value is -1.26. The molecule has 0 aromatic heterocycles. The highest BCUT2D eigenvalue weighted by molar-refractivity contribution is 5.49. The molecular weight excluding hydrogens is 264 g/mol. The lowest BCUT2D eigenvalue weighted by Gasteiger charge is -2.36. The van der Waals surface area contributed by atoms with Crippen LogP contribution in [0.25, 0.3) is 0 Å². The molecule has 118 valence electrons. The number of ether oxygens (including phenoxy) is 1. The highest BCUT2D eigenvalue weighted by atomic mass is 16.5. The summed E-state index contributed by atoms with van der Waals surface area (Å²) in [7, 11) is 1.70. The van der Waals surface area contributed by atoms with Gasteiger partial charge in [0.25, 0.3) is 0 Å². The second-order valence-corrected chi connectivity index (χ2v) is 5.66. The van der Waals surface area contributed by atoms with Crippen molar-refractivity contribution in [3.63, 3.8) is 0 Å². The third-order valence-electron chi connectivity index (χ3n) is 4.19. The quantitative estimate of drug-likeness (QED) is 0.746. The Bertz CT molecular complexity index is 386. The van der Waals surface area contributed by atoms with Gasteiger partial charge in [-0.15, -0.1) is 0 Å². The minimum Gasteiger partial charge on any atom is -0.497 e. The highest BCUT2D eigenvalue weighted by Gasteiger charge is 2.16. The third-order valence-corrected chi connectivity index (χ3v) is 4.19. The SMILES string of the molecule is COc1ccc(N2CCN(CCCCCCO)CC2)cc1. The Morgan fingerprint density at radius 3 is 2.24 bits per heavy atom. The first-order valence-electron chi connectivity index (χ1n) is 8.05. The van der Waals surface area contributed by atoms with Gasteiger partial charge in [-0.2, -0.15) is 0 Å². The van der Waals surface area contributed by atoms with Crippen LogP contribution < -0.4 is 9.64 Å². The number of hydrogen-bond donors (Lipinski definition) is 1. The van der Waals surface area contributed by atoms with E-state index in [9.17, 15) is 0 Å². The summed E-state index contributed by atoms with van der Waals surface area (Å²) in [5.41, 5.74) is 1.29. The molecule has 4 heteroatoms. The lowest BCUT2D eigenvalue weighted by molar-refractivity contribution is 0.247. The average molecular weight is 292 g/mol. The number of nitrogens with zero attached hydrogens (tertiary/aromatic N) is 2. The molecular formula is C17H28N2O2. The van der Waals surface area contributed by atoms with Gasteiger partial charge in [0.1, 0.15) is 5.75 Å². The van der Waals surface area contributed by atoms with Crippen LogP contribution >= 0.6 is 0 Å². The summed E-state index contributed by atoms with van der Waals surface area (Å²) in [6.07, 6.45) is 4.59. The molecule has 1 aromatic carbocycles. The van der Waals surface area contributed by atoms with Gasteiger partial charge in [-0.1, -0.05) is 12.8 Å². The van der Waals surface area contributed by atoms with E-state index in [1.807, 2.05) is 12.1 Å². The van der Waals surface area contributed by atoms with Crippen LogP contribution in [0.1, 0.15) is 25.7 Å². The average Bonchev–Trinajstić information content (AvgIpc) is 2.55. The van der Waals surface area contributed by atoms with Gasteiger partial charge >= 0.3 is 0 Å². The van der Waals surface area contributed by atoms with Crippen molar-refractivity contribution in [2.45, 2.75) is 25.7 Å². The first-order valence-corrected chi connectivity index (χ1v) is 8.05. The summed E-state index contributed by atoms with van der Waals surface area (Å²) < 4.78 is 5.20. The number of aliphatic hydroxyl groups is 1. The summed E-state index contributed by atoms with van der Waals surface area (Å²) >= 11 is 0. The topological polar surface area (TPSA) is 35.9 Å². The van der Waals surface area contributed by atoms with E-state index in [4.69, 9.17) is 9.84 Å². The Morgan fingerprint density at radius 1 is 0.952 bits per heavy atom. The Kier molecular flexibility index (Phi) is 6.83. The number of unbranched alkanes of at least 4 members (excludes halogenated alkanes) is 3. The number of aliphatic hydroxyl groups excluding tert-OH is 1. The Balaban J connectivity index is 1.67. The summed E-state index contributed by atoms with van der Waals surface area (Å²) in [6, 6.07) is 8.35. The van der Waals surface area contributed by atoms with Crippen molar-refractivity contribution < 1.29 is 9.84 Å². The van der Waals surface area contributed by atoms with Crippen LogP contribution in [0.4, 0.5) is 5.69 Å². The van der Waals surface area contributed by atoms with E-state index in [0.29, 0.717) is 6.61 Å². The number of anilines is 1. The monoisotopic (exact) mass is 292 g/mol. The predicted octanol–water partition coefficient (Wildman–Crippen LogP) is 2.37. The van der Waals surface area contributed by atoms with Crippen LogP contribution in [0.2, 0.25) is 0 Å². The summed E-state index contributed by atoms with van der Waals surface area (Å²) in [6.45, 7) is 6.02. The summed E-state index contributed by atoms with van der Waals surface area (Å²) in [5.74, 6) is 0.917. The summed E-state index contributed by atoms with van der Waals surface area (Å²) in [4.78, 5) is 5.00. The standard InChI is InChI=1S/C17H28N2O2/c1-21-17-8-6-16(7-9-17)19-13-11-18(12-14-19)10-4-2-3-5-15-20/h6-9,20H,2-5,10-15H2,1H3. The molecule has 0 aliphatic carbocycles. The number of methoxy groups -OCH3 is 1. The van der Waals surface area contributed by atoms with Gasteiger partial charge in [0.15, 0.2) is 0 Å². The Labute approximate surface area is 128 Å². The van der Waals surface area contributed by atoms with Crippen LogP contribution in [0, 0.1) is 0 Å². The molecule has 1 heterocycles. The molecule has 1 aliphatic heterocycles. The molecule has 0 saturated carbocycles. The number of hydrogen-bond acceptors (Lipinski definition) is 4. The molecule has 0 radical (unpaired) electrons. The van der Waals surface area contributed by atoms with Crippen molar-refractivity contribution in [3.8, 4) is 5.75 Å². The lowest BCUT2D eigenvalue weighted by Crippen LogP contribution is -2.46. The minimum absolute atomic E-state index is 0.334. The molecule has 21 heavy (non-hydrogen) atoms. The zero-order valence-corrected chi connectivity index (χ0v) is 13.1. The van der Waals surface area contributed by atoms with Crippen LogP contribution in [0.5, 0.6) is 5.75 Å². The van der Waals surface area contributed by atoms with Crippen molar-refractivity contribution in [2.75, 3.05) is 51.3 Å². The molecule has 2 rings (SSSR count). The molecule has 0 spiro atoms. The first kappa shape index (κ1) is 16.1. The van der Waals surface area contributed by atoms with Crippen molar-refractivity contribution in [3.05, 3.63) is 24.3 Å². The second-order valence-electron chi connectivity index (χ2n) is 5.66. The van der Waals surface area contributed by atoms with Gasteiger partial charge in [-0.25, -0.2) is 0 Å². The van der Waals surface area contributed by atoms with Gasteiger partial charge in [0.05, 0.1) is 7.11 Å².